The molecule has 7 heteroatoms. The summed E-state index contributed by atoms with van der Waals surface area (Å²) in [4.78, 5) is 11.6. The van der Waals surface area contributed by atoms with Crippen LogP contribution in [0.2, 0.25) is 0 Å². The van der Waals surface area contributed by atoms with E-state index in [1.807, 2.05) is 6.07 Å². The van der Waals surface area contributed by atoms with E-state index in [1.165, 1.54) is 6.07 Å². The number of halogens is 1. The highest BCUT2D eigenvalue weighted by molar-refractivity contribution is 7.17. The molecule has 0 atom stereocenters. The maximum Gasteiger partial charge on any atom is 0.253 e. The Bertz CT molecular complexity index is 705. The van der Waals surface area contributed by atoms with Crippen LogP contribution in [0, 0.1) is 17.1 Å². The number of nitriles is 1. The number of hydrogen-bond donors (Lipinski definition) is 3. The van der Waals surface area contributed by atoms with Crippen LogP contribution in [0.3, 0.4) is 0 Å². The minimum atomic E-state index is -0.726. The number of nitrogens with one attached hydrogen (secondary N) is 1. The predicted octanol–water partition coefficient (Wildman–Crippen LogP) is 2.05. The quantitative estimate of drug-likeness (QED) is 0.801. The smallest absolute Gasteiger partial charge is 0.253 e. The van der Waals surface area contributed by atoms with Crippen molar-refractivity contribution in [2.45, 2.75) is 6.54 Å². The molecule has 5 nitrogen and oxygen atoms in total. The van der Waals surface area contributed by atoms with E-state index >= 15 is 0 Å². The van der Waals surface area contributed by atoms with Crippen LogP contribution in [0.15, 0.2) is 24.3 Å². The van der Waals surface area contributed by atoms with Crippen molar-refractivity contribution < 1.29 is 9.18 Å². The summed E-state index contributed by atoms with van der Waals surface area (Å²) in [5, 5.41) is 12.2. The molecule has 2 rings (SSSR count). The Kier molecular flexibility index (Phi) is 3.86. The summed E-state index contributed by atoms with van der Waals surface area (Å²) in [6.45, 7) is 0.164. The molecule has 20 heavy (non-hydrogen) atoms. The summed E-state index contributed by atoms with van der Waals surface area (Å²) in [5.74, 6) is -1.08. The van der Waals surface area contributed by atoms with Gasteiger partial charge in [0.05, 0.1) is 11.3 Å². The molecule has 0 saturated heterocycles. The second-order valence-electron chi connectivity index (χ2n) is 3.97. The van der Waals surface area contributed by atoms with Gasteiger partial charge in [-0.2, -0.15) is 5.26 Å². The third kappa shape index (κ3) is 2.55. The lowest BCUT2D eigenvalue weighted by atomic mass is 10.2. The Balaban J connectivity index is 2.29. The van der Waals surface area contributed by atoms with Gasteiger partial charge in [0.2, 0.25) is 0 Å². The van der Waals surface area contributed by atoms with Crippen LogP contribution >= 0.6 is 11.3 Å². The molecule has 0 radical (unpaired) electrons. The van der Waals surface area contributed by atoms with E-state index in [1.54, 1.807) is 18.2 Å². The molecule has 102 valence electrons. The number of primary amides is 1. The van der Waals surface area contributed by atoms with Gasteiger partial charge in [-0.05, 0) is 6.07 Å². The molecule has 5 N–H and O–H groups in total. The van der Waals surface area contributed by atoms with Gasteiger partial charge in [0.25, 0.3) is 5.91 Å². The summed E-state index contributed by atoms with van der Waals surface area (Å²) in [6.07, 6.45) is 0. The van der Waals surface area contributed by atoms with E-state index in [0.717, 1.165) is 11.3 Å². The Morgan fingerprint density at radius 3 is 2.75 bits per heavy atom. The van der Waals surface area contributed by atoms with Crippen LogP contribution in [0.4, 0.5) is 15.1 Å². The van der Waals surface area contributed by atoms with Crippen LogP contribution in [0.5, 0.6) is 0 Å². The van der Waals surface area contributed by atoms with E-state index in [-0.39, 0.29) is 28.5 Å². The van der Waals surface area contributed by atoms with Gasteiger partial charge < -0.3 is 16.8 Å². The van der Waals surface area contributed by atoms with Crippen molar-refractivity contribution in [1.29, 1.82) is 5.26 Å². The predicted molar refractivity (Wildman–Crippen MR) is 75.7 cm³/mol. The minimum Gasteiger partial charge on any atom is -0.396 e. The lowest BCUT2D eigenvalue weighted by Crippen LogP contribution is -2.14. The normalized spacial score (nSPS) is 10.0. The van der Waals surface area contributed by atoms with E-state index in [4.69, 9.17) is 16.7 Å². The molecule has 1 aromatic heterocycles. The lowest BCUT2D eigenvalue weighted by molar-refractivity contribution is 0.100. The number of nitrogens with zero attached hydrogens (tertiary/aromatic N) is 1. The first-order chi connectivity index (χ1) is 9.54. The zero-order chi connectivity index (χ0) is 14.7. The van der Waals surface area contributed by atoms with Crippen molar-refractivity contribution in [3.63, 3.8) is 0 Å². The fourth-order valence-corrected chi connectivity index (χ4v) is 2.63. The van der Waals surface area contributed by atoms with Crippen LogP contribution < -0.4 is 16.8 Å². The van der Waals surface area contributed by atoms with Crippen molar-refractivity contribution >= 4 is 27.9 Å². The number of nitrogen functional groups attached to an aromatic ring is 1. The highest BCUT2D eigenvalue weighted by atomic mass is 32.1. The highest BCUT2D eigenvalue weighted by Crippen LogP contribution is 2.35. The fourth-order valence-electron chi connectivity index (χ4n) is 1.71. The van der Waals surface area contributed by atoms with Crippen molar-refractivity contribution in [3.05, 3.63) is 46.1 Å². The molecule has 0 bridgehead atoms. The number of rotatable bonds is 4. The molecular formula is C13H11FN4OS. The van der Waals surface area contributed by atoms with Crippen LogP contribution in [-0.4, -0.2) is 5.91 Å². The topological polar surface area (TPSA) is 105 Å². The van der Waals surface area contributed by atoms with Crippen molar-refractivity contribution in [1.82, 2.24) is 0 Å². The summed E-state index contributed by atoms with van der Waals surface area (Å²) in [7, 11) is 0. The number of carbonyl (C=O) groups excluding carboxylic acids is 1. The lowest BCUT2D eigenvalue weighted by Gasteiger charge is -2.06. The Labute approximate surface area is 118 Å². The molecule has 0 fully saturated rings. The molecule has 1 aromatic carbocycles. The van der Waals surface area contributed by atoms with E-state index in [0.29, 0.717) is 10.6 Å². The van der Waals surface area contributed by atoms with Gasteiger partial charge >= 0.3 is 0 Å². The first-order valence-electron chi connectivity index (χ1n) is 5.64. The average molecular weight is 290 g/mol. The molecule has 2 aromatic rings. The maximum absolute atomic E-state index is 13.5. The number of anilines is 2. The molecule has 0 unspecified atom stereocenters. The third-order valence-corrected chi connectivity index (χ3v) is 3.76. The summed E-state index contributed by atoms with van der Waals surface area (Å²) >= 11 is 1.02. The Hall–Kier alpha value is -2.59. The maximum atomic E-state index is 13.5. The molecular weight excluding hydrogens is 279 g/mol. The first kappa shape index (κ1) is 13.8. The van der Waals surface area contributed by atoms with Gasteiger partial charge in [-0.25, -0.2) is 4.39 Å². The van der Waals surface area contributed by atoms with Crippen LogP contribution in [-0.2, 0) is 6.54 Å². The van der Waals surface area contributed by atoms with Gasteiger partial charge in [0, 0.05) is 12.1 Å². The molecule has 1 amide bonds. The monoisotopic (exact) mass is 290 g/mol. The van der Waals surface area contributed by atoms with Crippen molar-refractivity contribution in [2.75, 3.05) is 11.1 Å². The van der Waals surface area contributed by atoms with Gasteiger partial charge in [-0.15, -0.1) is 11.3 Å². The molecule has 0 spiro atoms. The first-order valence-corrected chi connectivity index (χ1v) is 6.45. The highest BCUT2D eigenvalue weighted by Gasteiger charge is 2.20. The summed E-state index contributed by atoms with van der Waals surface area (Å²) < 4.78 is 13.5. The molecule has 0 aliphatic carbocycles. The third-order valence-electron chi connectivity index (χ3n) is 2.69. The fraction of sp³-hybridized carbons (Fsp3) is 0.0769. The molecule has 1 heterocycles. The second kappa shape index (κ2) is 5.59. The Morgan fingerprint density at radius 2 is 2.15 bits per heavy atom. The van der Waals surface area contributed by atoms with Crippen LogP contribution in [0.25, 0.3) is 0 Å². The zero-order valence-electron chi connectivity index (χ0n) is 10.3. The van der Waals surface area contributed by atoms with E-state index < -0.39 is 5.91 Å². The second-order valence-corrected chi connectivity index (χ2v) is 4.99. The van der Waals surface area contributed by atoms with Gasteiger partial charge in [-0.3, -0.25) is 4.79 Å². The molecule has 0 saturated carbocycles. The number of hydrogen-bond acceptors (Lipinski definition) is 5. The standard InChI is InChI=1S/C13H11FN4OS/c14-8-4-2-1-3-7(8)6-18-13-10(12(17)19)11(16)9(5-15)20-13/h1-4,18H,6,16H2,(H2,17,19). The minimum absolute atomic E-state index is 0.0565. The van der Waals surface area contributed by atoms with Gasteiger partial charge in [0.1, 0.15) is 21.8 Å². The largest absolute Gasteiger partial charge is 0.396 e. The summed E-state index contributed by atoms with van der Waals surface area (Å²) in [6, 6.07) is 8.15. The van der Waals surface area contributed by atoms with Crippen molar-refractivity contribution in [3.8, 4) is 6.07 Å². The summed E-state index contributed by atoms with van der Waals surface area (Å²) in [5.41, 5.74) is 11.5. The van der Waals surface area contributed by atoms with Gasteiger partial charge in [-0.1, -0.05) is 18.2 Å². The van der Waals surface area contributed by atoms with E-state index in [9.17, 15) is 9.18 Å². The molecule has 0 aliphatic heterocycles. The number of nitrogens with two attached hydrogens (primary N) is 2. The zero-order valence-corrected chi connectivity index (χ0v) is 11.1. The number of carbonyl (C=O) groups is 1. The number of amides is 1. The van der Waals surface area contributed by atoms with E-state index in [2.05, 4.69) is 5.32 Å². The average Bonchev–Trinajstić information content (AvgIpc) is 2.74. The molecule has 0 aliphatic rings. The number of thiophene rings is 1. The van der Waals surface area contributed by atoms with Gasteiger partial charge in [0.15, 0.2) is 0 Å². The number of benzene rings is 1. The van der Waals surface area contributed by atoms with Crippen LogP contribution in [0.1, 0.15) is 20.8 Å². The SMILES string of the molecule is N#Cc1sc(NCc2ccccc2F)c(C(N)=O)c1N. The Morgan fingerprint density at radius 1 is 1.45 bits per heavy atom. The van der Waals surface area contributed by atoms with Crippen molar-refractivity contribution in [2.24, 2.45) is 5.73 Å².